The highest BCUT2D eigenvalue weighted by molar-refractivity contribution is 6.30. The summed E-state index contributed by atoms with van der Waals surface area (Å²) in [7, 11) is 0. The summed E-state index contributed by atoms with van der Waals surface area (Å²) in [5.74, 6) is 0. The Morgan fingerprint density at radius 1 is 0.609 bits per heavy atom. The van der Waals surface area contributed by atoms with Gasteiger partial charge in [0.05, 0.1) is 6.85 Å². The topological polar surface area (TPSA) is 0 Å². The number of rotatable bonds is 2. The van der Waals surface area contributed by atoms with Gasteiger partial charge in [0, 0.05) is 5.02 Å². The second-order valence-electron chi connectivity index (χ2n) is 5.21. The first-order valence-corrected chi connectivity index (χ1v) is 7.63. The minimum atomic E-state index is -0.388. The predicted molar refractivity (Wildman–Crippen MR) is 99.8 cm³/mol. The molecule has 0 aliphatic rings. The van der Waals surface area contributed by atoms with Gasteiger partial charge in [0.15, 0.2) is 0 Å². The van der Waals surface area contributed by atoms with E-state index >= 15 is 0 Å². The Morgan fingerprint density at radius 3 is 1.78 bits per heavy atom. The maximum Gasteiger partial charge on any atom is 0.0629 e. The van der Waals surface area contributed by atoms with Crippen LogP contribution in [0.2, 0.25) is 5.02 Å². The molecule has 0 saturated carbocycles. The van der Waals surface area contributed by atoms with Gasteiger partial charge >= 0.3 is 0 Å². The lowest BCUT2D eigenvalue weighted by Crippen LogP contribution is -1.85. The molecule has 0 fully saturated rings. The molecule has 110 valence electrons. The minimum Gasteiger partial charge on any atom is -0.0843 e. The summed E-state index contributed by atoms with van der Waals surface area (Å²) < 4.78 is 40.4. The number of hydrogen-bond acceptors (Lipinski definition) is 0. The van der Waals surface area contributed by atoms with Gasteiger partial charge in [-0.1, -0.05) is 90.3 Å². The highest BCUT2D eigenvalue weighted by Crippen LogP contribution is 2.35. The average Bonchev–Trinajstić information content (AvgIpc) is 2.72. The second-order valence-corrected chi connectivity index (χ2v) is 5.65. The van der Waals surface area contributed by atoms with E-state index in [0.29, 0.717) is 10.6 Å². The Hall–Kier alpha value is -2.57. The standard InChI is InChI=1S/C22H15Cl/c23-18-12-10-17(11-13-18)20-15-14-19(16-6-2-1-3-7-16)21-8-4-5-9-22(20)21/h1-15H/i1D,2D,3D,6D,7D. The summed E-state index contributed by atoms with van der Waals surface area (Å²) in [5, 5.41) is 2.42. The third kappa shape index (κ3) is 2.62. The van der Waals surface area contributed by atoms with E-state index in [4.69, 9.17) is 18.5 Å². The highest BCUT2D eigenvalue weighted by atomic mass is 35.5. The first kappa shape index (κ1) is 9.54. The molecular formula is C22H15Cl. The maximum atomic E-state index is 8.30. The van der Waals surface area contributed by atoms with Crippen molar-refractivity contribution >= 4 is 22.4 Å². The molecule has 1 heteroatoms. The van der Waals surface area contributed by atoms with Gasteiger partial charge in [0.25, 0.3) is 0 Å². The van der Waals surface area contributed by atoms with Crippen LogP contribution in [0.4, 0.5) is 0 Å². The molecule has 4 aromatic carbocycles. The highest BCUT2D eigenvalue weighted by Gasteiger charge is 2.08. The molecule has 0 heterocycles. The van der Waals surface area contributed by atoms with Crippen LogP contribution in [-0.2, 0) is 0 Å². The quantitative estimate of drug-likeness (QED) is 0.380. The van der Waals surface area contributed by atoms with E-state index in [0.717, 1.165) is 21.9 Å². The third-order valence-corrected chi connectivity index (χ3v) is 4.10. The minimum absolute atomic E-state index is 0.199. The second kappa shape index (κ2) is 5.91. The van der Waals surface area contributed by atoms with Crippen molar-refractivity contribution in [2.75, 3.05) is 0 Å². The fourth-order valence-corrected chi connectivity index (χ4v) is 2.91. The Labute approximate surface area is 148 Å². The smallest absolute Gasteiger partial charge is 0.0629 e. The van der Waals surface area contributed by atoms with Crippen molar-refractivity contribution in [2.24, 2.45) is 0 Å². The fourth-order valence-electron chi connectivity index (χ4n) is 2.78. The van der Waals surface area contributed by atoms with Gasteiger partial charge in [-0.25, -0.2) is 0 Å². The van der Waals surface area contributed by atoms with Crippen molar-refractivity contribution in [3.05, 3.63) is 95.9 Å². The number of fused-ring (bicyclic) bond motifs is 1. The molecular weight excluding hydrogens is 300 g/mol. The van der Waals surface area contributed by atoms with Gasteiger partial charge in [0.1, 0.15) is 0 Å². The number of halogens is 1. The molecule has 0 atom stereocenters. The van der Waals surface area contributed by atoms with Crippen molar-refractivity contribution in [3.8, 4) is 22.3 Å². The predicted octanol–water partition coefficient (Wildman–Crippen LogP) is 6.83. The number of hydrogen-bond donors (Lipinski definition) is 0. The van der Waals surface area contributed by atoms with E-state index in [1.807, 2.05) is 60.7 Å². The van der Waals surface area contributed by atoms with Crippen molar-refractivity contribution in [1.29, 1.82) is 0 Å². The lowest BCUT2D eigenvalue weighted by atomic mass is 9.92. The van der Waals surface area contributed by atoms with Crippen molar-refractivity contribution in [2.45, 2.75) is 0 Å². The van der Waals surface area contributed by atoms with Gasteiger partial charge in [-0.2, -0.15) is 0 Å². The van der Waals surface area contributed by atoms with Crippen molar-refractivity contribution in [3.63, 3.8) is 0 Å². The summed E-state index contributed by atoms with van der Waals surface area (Å²) >= 11 is 6.01. The van der Waals surface area contributed by atoms with Crippen LogP contribution in [0.5, 0.6) is 0 Å². The van der Waals surface area contributed by atoms with Crippen LogP contribution in [-0.4, -0.2) is 0 Å². The molecule has 0 radical (unpaired) electrons. The van der Waals surface area contributed by atoms with Gasteiger partial charge in [-0.15, -0.1) is 0 Å². The van der Waals surface area contributed by atoms with E-state index in [1.165, 1.54) is 0 Å². The van der Waals surface area contributed by atoms with E-state index in [1.54, 1.807) is 0 Å². The lowest BCUT2D eigenvalue weighted by Gasteiger charge is -2.12. The van der Waals surface area contributed by atoms with Crippen molar-refractivity contribution < 1.29 is 6.85 Å². The fraction of sp³-hybridized carbons (Fsp3) is 0. The van der Waals surface area contributed by atoms with Crippen LogP contribution < -0.4 is 0 Å². The zero-order valence-electron chi connectivity index (χ0n) is 17.2. The Morgan fingerprint density at radius 2 is 1.17 bits per heavy atom. The molecule has 0 bridgehead atoms. The molecule has 4 aromatic rings. The molecule has 0 aromatic heterocycles. The van der Waals surface area contributed by atoms with Gasteiger partial charge < -0.3 is 0 Å². The van der Waals surface area contributed by atoms with Crippen molar-refractivity contribution in [1.82, 2.24) is 0 Å². The van der Waals surface area contributed by atoms with Crippen LogP contribution >= 0.6 is 11.6 Å². The van der Waals surface area contributed by atoms with Crippen LogP contribution in [0.3, 0.4) is 0 Å². The molecule has 0 unspecified atom stereocenters. The summed E-state index contributed by atoms with van der Waals surface area (Å²) in [5.41, 5.74) is 2.81. The molecule has 0 N–H and O–H groups in total. The van der Waals surface area contributed by atoms with E-state index in [2.05, 4.69) is 0 Å². The molecule has 0 amide bonds. The Kier molecular flexibility index (Phi) is 2.45. The molecule has 0 aliphatic carbocycles. The average molecular weight is 320 g/mol. The molecule has 0 aliphatic heterocycles. The zero-order chi connectivity index (χ0) is 20.0. The SMILES string of the molecule is [2H]c1c([2H])c([2H])c(-c2ccc(-c3ccc(Cl)cc3)c3ccccc23)c([2H])c1[2H]. The summed E-state index contributed by atoms with van der Waals surface area (Å²) in [4.78, 5) is 0. The summed E-state index contributed by atoms with van der Waals surface area (Å²) in [6.07, 6.45) is 0. The van der Waals surface area contributed by atoms with Crippen LogP contribution in [0.25, 0.3) is 33.0 Å². The largest absolute Gasteiger partial charge is 0.0843 e. The van der Waals surface area contributed by atoms with Gasteiger partial charge in [-0.3, -0.25) is 0 Å². The van der Waals surface area contributed by atoms with Crippen LogP contribution in [0.15, 0.2) is 90.9 Å². The van der Waals surface area contributed by atoms with Crippen LogP contribution in [0.1, 0.15) is 6.85 Å². The lowest BCUT2D eigenvalue weighted by molar-refractivity contribution is 1.62. The van der Waals surface area contributed by atoms with Crippen LogP contribution in [0, 0.1) is 0 Å². The van der Waals surface area contributed by atoms with E-state index in [9.17, 15) is 0 Å². The maximum absolute atomic E-state index is 8.30. The zero-order valence-corrected chi connectivity index (χ0v) is 12.9. The first-order chi connectivity index (χ1) is 13.4. The monoisotopic (exact) mass is 319 g/mol. The number of benzene rings is 4. The first-order valence-electron chi connectivity index (χ1n) is 9.75. The van der Waals surface area contributed by atoms with E-state index in [-0.39, 0.29) is 35.8 Å². The molecule has 0 saturated heterocycles. The molecule has 0 spiro atoms. The normalized spacial score (nSPS) is 13.9. The van der Waals surface area contributed by atoms with Gasteiger partial charge in [0.2, 0.25) is 0 Å². The molecule has 4 rings (SSSR count). The Balaban J connectivity index is 2.05. The molecule has 0 nitrogen and oxygen atoms in total. The molecule has 23 heavy (non-hydrogen) atoms. The Bertz CT molecular complexity index is 1190. The summed E-state index contributed by atoms with van der Waals surface area (Å²) in [6.45, 7) is 0. The third-order valence-electron chi connectivity index (χ3n) is 3.85. The van der Waals surface area contributed by atoms with E-state index < -0.39 is 0 Å². The van der Waals surface area contributed by atoms with Gasteiger partial charge in [-0.05, 0) is 45.2 Å². The summed E-state index contributed by atoms with van der Waals surface area (Å²) in [6, 6.07) is 17.5.